The Hall–Kier alpha value is -1.85. The molecule has 6 nitrogen and oxygen atoms in total. The van der Waals surface area contributed by atoms with Crippen molar-refractivity contribution in [2.24, 2.45) is 0 Å². The fourth-order valence-corrected chi connectivity index (χ4v) is 1.21. The molecule has 1 heterocycles. The van der Waals surface area contributed by atoms with Gasteiger partial charge in [-0.25, -0.2) is 4.98 Å². The molecular weight excluding hydrogens is 188 g/mol. The van der Waals surface area contributed by atoms with Gasteiger partial charge in [0.2, 0.25) is 5.88 Å². The number of hydrogen-bond donors (Lipinski definition) is 3. The van der Waals surface area contributed by atoms with E-state index in [1.807, 2.05) is 0 Å². The second kappa shape index (κ2) is 3.91. The minimum atomic E-state index is -1.03. The van der Waals surface area contributed by atoms with Gasteiger partial charge in [0, 0.05) is 5.92 Å². The number of aromatic amines is 1. The number of nitrogens with zero attached hydrogens (tertiary/aromatic N) is 1. The zero-order chi connectivity index (χ0) is 10.7. The van der Waals surface area contributed by atoms with Crippen LogP contribution < -0.4 is 5.56 Å². The summed E-state index contributed by atoms with van der Waals surface area (Å²) in [5.74, 6) is -2.01. The molecule has 3 N–H and O–H groups in total. The summed E-state index contributed by atoms with van der Waals surface area (Å²) in [5, 5.41) is 17.8. The highest BCUT2D eigenvalue weighted by Gasteiger charge is 2.18. The van der Waals surface area contributed by atoms with Crippen LogP contribution in [0, 0.1) is 0 Å². The van der Waals surface area contributed by atoms with Crippen molar-refractivity contribution < 1.29 is 15.0 Å². The third-order valence-electron chi connectivity index (χ3n) is 1.84. The van der Waals surface area contributed by atoms with Crippen molar-refractivity contribution in [1.29, 1.82) is 0 Å². The summed E-state index contributed by atoms with van der Waals surface area (Å²) in [6.07, 6.45) is 0.844. The SMILES string of the molecule is CC(CC(=O)O)c1c(O)nc[nH]c1=O. The molecule has 0 amide bonds. The summed E-state index contributed by atoms with van der Waals surface area (Å²) < 4.78 is 0. The Morgan fingerprint density at radius 3 is 2.86 bits per heavy atom. The van der Waals surface area contributed by atoms with E-state index in [1.54, 1.807) is 6.92 Å². The molecule has 1 atom stereocenters. The van der Waals surface area contributed by atoms with Gasteiger partial charge in [-0.3, -0.25) is 9.59 Å². The first-order chi connectivity index (χ1) is 6.52. The Kier molecular flexibility index (Phi) is 2.85. The Balaban J connectivity index is 3.06. The smallest absolute Gasteiger partial charge is 0.303 e. The standard InChI is InChI=1S/C8H10N2O4/c1-4(2-5(11)12)6-7(13)9-3-10-8(6)14/h3-4H,2H2,1H3,(H,11,12)(H2,9,10,13,14). The van der Waals surface area contributed by atoms with E-state index in [4.69, 9.17) is 5.11 Å². The number of H-pyrrole nitrogens is 1. The number of rotatable bonds is 3. The highest BCUT2D eigenvalue weighted by atomic mass is 16.4. The van der Waals surface area contributed by atoms with E-state index >= 15 is 0 Å². The lowest BCUT2D eigenvalue weighted by molar-refractivity contribution is -0.137. The molecule has 1 aromatic heterocycles. The normalized spacial score (nSPS) is 12.4. The maximum absolute atomic E-state index is 11.2. The second-order valence-corrected chi connectivity index (χ2v) is 2.97. The van der Waals surface area contributed by atoms with Gasteiger partial charge in [0.15, 0.2) is 0 Å². The summed E-state index contributed by atoms with van der Waals surface area (Å²) in [5.41, 5.74) is -0.499. The van der Waals surface area contributed by atoms with E-state index in [9.17, 15) is 14.7 Å². The van der Waals surface area contributed by atoms with Crippen molar-refractivity contribution in [3.8, 4) is 5.88 Å². The molecule has 1 rings (SSSR count). The van der Waals surface area contributed by atoms with Crippen LogP contribution in [0.3, 0.4) is 0 Å². The molecule has 76 valence electrons. The Labute approximate surface area is 79.2 Å². The Morgan fingerprint density at radius 2 is 2.36 bits per heavy atom. The summed E-state index contributed by atoms with van der Waals surface area (Å²) in [6, 6.07) is 0. The molecule has 14 heavy (non-hydrogen) atoms. The van der Waals surface area contributed by atoms with Crippen LogP contribution in [0.15, 0.2) is 11.1 Å². The average Bonchev–Trinajstić information content (AvgIpc) is 2.01. The molecule has 0 saturated heterocycles. The van der Waals surface area contributed by atoms with Crippen LogP contribution in [0.1, 0.15) is 24.8 Å². The van der Waals surface area contributed by atoms with Gasteiger partial charge in [0.1, 0.15) is 0 Å². The van der Waals surface area contributed by atoms with Crippen molar-refractivity contribution >= 4 is 5.97 Å². The van der Waals surface area contributed by atoms with Gasteiger partial charge in [-0.05, 0) is 0 Å². The number of carboxylic acid groups (broad SMARTS) is 1. The first kappa shape index (κ1) is 10.2. The number of aliphatic carboxylic acids is 1. The van der Waals surface area contributed by atoms with Crippen molar-refractivity contribution in [1.82, 2.24) is 9.97 Å². The van der Waals surface area contributed by atoms with Crippen LogP contribution in [0.25, 0.3) is 0 Å². The molecule has 0 saturated carbocycles. The quantitative estimate of drug-likeness (QED) is 0.636. The van der Waals surface area contributed by atoms with Gasteiger partial charge in [0.05, 0.1) is 18.3 Å². The van der Waals surface area contributed by atoms with Crippen molar-refractivity contribution in [2.45, 2.75) is 19.3 Å². The topological polar surface area (TPSA) is 103 Å². The van der Waals surface area contributed by atoms with Gasteiger partial charge >= 0.3 is 5.97 Å². The van der Waals surface area contributed by atoms with E-state index in [0.717, 1.165) is 6.33 Å². The third kappa shape index (κ3) is 2.09. The molecule has 0 aliphatic heterocycles. The van der Waals surface area contributed by atoms with E-state index in [1.165, 1.54) is 0 Å². The average molecular weight is 198 g/mol. The number of aromatic hydroxyl groups is 1. The summed E-state index contributed by atoms with van der Waals surface area (Å²) in [6.45, 7) is 1.54. The molecule has 0 aliphatic rings. The van der Waals surface area contributed by atoms with E-state index in [2.05, 4.69) is 9.97 Å². The van der Waals surface area contributed by atoms with Crippen molar-refractivity contribution in [3.63, 3.8) is 0 Å². The lowest BCUT2D eigenvalue weighted by atomic mass is 10.0. The highest BCUT2D eigenvalue weighted by Crippen LogP contribution is 2.21. The fourth-order valence-electron chi connectivity index (χ4n) is 1.21. The van der Waals surface area contributed by atoms with Crippen molar-refractivity contribution in [3.05, 3.63) is 22.2 Å². The maximum atomic E-state index is 11.2. The molecule has 0 bridgehead atoms. The minimum absolute atomic E-state index is 0.00917. The number of carboxylic acids is 1. The first-order valence-electron chi connectivity index (χ1n) is 4.00. The zero-order valence-electron chi connectivity index (χ0n) is 7.52. The number of aromatic nitrogens is 2. The molecule has 1 aromatic rings. The Bertz CT molecular complexity index is 399. The van der Waals surface area contributed by atoms with Gasteiger partial charge < -0.3 is 15.2 Å². The molecule has 0 aliphatic carbocycles. The monoisotopic (exact) mass is 198 g/mol. The lowest BCUT2D eigenvalue weighted by Gasteiger charge is -2.07. The van der Waals surface area contributed by atoms with Crippen molar-refractivity contribution in [2.75, 3.05) is 0 Å². The largest absolute Gasteiger partial charge is 0.493 e. The molecule has 0 fully saturated rings. The van der Waals surface area contributed by atoms with Crippen LogP contribution in [-0.2, 0) is 4.79 Å². The molecule has 1 unspecified atom stereocenters. The Morgan fingerprint density at radius 1 is 1.71 bits per heavy atom. The van der Waals surface area contributed by atoms with Gasteiger partial charge in [0.25, 0.3) is 5.56 Å². The molecular formula is C8H10N2O4. The summed E-state index contributed by atoms with van der Waals surface area (Å²) >= 11 is 0. The van der Waals surface area contributed by atoms with E-state index < -0.39 is 23.3 Å². The van der Waals surface area contributed by atoms with Gasteiger partial charge in [-0.1, -0.05) is 6.92 Å². The van der Waals surface area contributed by atoms with Crippen LogP contribution >= 0.6 is 0 Å². The minimum Gasteiger partial charge on any atom is -0.493 e. The highest BCUT2D eigenvalue weighted by molar-refractivity contribution is 5.68. The lowest BCUT2D eigenvalue weighted by Crippen LogP contribution is -2.17. The maximum Gasteiger partial charge on any atom is 0.303 e. The van der Waals surface area contributed by atoms with Gasteiger partial charge in [-0.15, -0.1) is 0 Å². The van der Waals surface area contributed by atoms with E-state index in [-0.39, 0.29) is 12.0 Å². The van der Waals surface area contributed by atoms with Crippen LogP contribution in [0.5, 0.6) is 5.88 Å². The number of hydrogen-bond acceptors (Lipinski definition) is 4. The zero-order valence-corrected chi connectivity index (χ0v) is 7.52. The molecule has 0 radical (unpaired) electrons. The number of carbonyl (C=O) groups is 1. The van der Waals surface area contributed by atoms with Crippen LogP contribution in [0.2, 0.25) is 0 Å². The number of nitrogens with one attached hydrogen (secondary N) is 1. The molecule has 6 heteroatoms. The van der Waals surface area contributed by atoms with Crippen LogP contribution in [-0.4, -0.2) is 26.2 Å². The fraction of sp³-hybridized carbons (Fsp3) is 0.375. The van der Waals surface area contributed by atoms with Crippen LogP contribution in [0.4, 0.5) is 0 Å². The predicted octanol–water partition coefficient (Wildman–Crippen LogP) is 0.0537. The predicted molar refractivity (Wildman–Crippen MR) is 47.2 cm³/mol. The summed E-state index contributed by atoms with van der Waals surface area (Å²) in [4.78, 5) is 27.4. The molecule has 0 aromatic carbocycles. The van der Waals surface area contributed by atoms with Gasteiger partial charge in [-0.2, -0.15) is 0 Å². The molecule has 0 spiro atoms. The van der Waals surface area contributed by atoms with E-state index in [0.29, 0.717) is 0 Å². The first-order valence-corrected chi connectivity index (χ1v) is 4.00. The summed E-state index contributed by atoms with van der Waals surface area (Å²) in [7, 11) is 0. The second-order valence-electron chi connectivity index (χ2n) is 2.97. The third-order valence-corrected chi connectivity index (χ3v) is 1.84.